The van der Waals surface area contributed by atoms with Crippen molar-refractivity contribution in [3.63, 3.8) is 0 Å². The monoisotopic (exact) mass is 341 g/mol. The van der Waals surface area contributed by atoms with Gasteiger partial charge in [0.05, 0.1) is 0 Å². The molecule has 0 bridgehead atoms. The average Bonchev–Trinajstić information content (AvgIpc) is 2.48. The van der Waals surface area contributed by atoms with Gasteiger partial charge in [0.1, 0.15) is 5.37 Å². The van der Waals surface area contributed by atoms with Gasteiger partial charge >= 0.3 is 0 Å². The first-order valence-corrected chi connectivity index (χ1v) is 10.5. The van der Waals surface area contributed by atoms with Crippen LogP contribution in [0.1, 0.15) is 18.1 Å². The molecule has 22 heavy (non-hydrogen) atoms. The molecule has 6 heteroatoms. The van der Waals surface area contributed by atoms with Crippen molar-refractivity contribution in [3.05, 3.63) is 35.4 Å². The molecule has 0 N–H and O–H groups in total. The van der Waals surface area contributed by atoms with Crippen LogP contribution in [0.2, 0.25) is 0 Å². The second-order valence-corrected chi connectivity index (χ2v) is 9.33. The van der Waals surface area contributed by atoms with Crippen molar-refractivity contribution in [3.8, 4) is 0 Å². The zero-order chi connectivity index (χ0) is 16.3. The second-order valence-electron chi connectivity index (χ2n) is 5.98. The van der Waals surface area contributed by atoms with Crippen molar-refractivity contribution in [2.45, 2.75) is 25.6 Å². The van der Waals surface area contributed by atoms with E-state index in [-0.39, 0.29) is 11.8 Å². The molecule has 0 aromatic heterocycles. The van der Waals surface area contributed by atoms with Gasteiger partial charge in [0, 0.05) is 30.2 Å². The molecular formula is C16H23NO3S2. The Morgan fingerprint density at radius 2 is 2.00 bits per heavy atom. The molecule has 1 aromatic rings. The van der Waals surface area contributed by atoms with E-state index >= 15 is 0 Å². The highest BCUT2D eigenvalue weighted by Gasteiger charge is 2.35. The lowest BCUT2D eigenvalue weighted by molar-refractivity contribution is -0.135. The molecule has 1 fully saturated rings. The molecule has 1 aromatic carbocycles. The van der Waals surface area contributed by atoms with E-state index in [0.717, 1.165) is 11.3 Å². The molecule has 0 saturated carbocycles. The minimum absolute atomic E-state index is 0.0590. The molecule has 0 unspecified atom stereocenters. The van der Waals surface area contributed by atoms with Gasteiger partial charge in [0.15, 0.2) is 9.84 Å². The quantitative estimate of drug-likeness (QED) is 0.842. The third-order valence-corrected chi connectivity index (χ3v) is 6.59. The van der Waals surface area contributed by atoms with Crippen LogP contribution in [0.15, 0.2) is 24.3 Å². The van der Waals surface area contributed by atoms with Gasteiger partial charge in [0.2, 0.25) is 5.91 Å². The Labute approximate surface area is 137 Å². The topological polar surface area (TPSA) is 54.5 Å². The molecule has 0 spiro atoms. The fraction of sp³-hybridized carbons (Fsp3) is 0.562. The summed E-state index contributed by atoms with van der Waals surface area (Å²) >= 11 is 1.60. The number of nitrogens with zero attached hydrogens (tertiary/aromatic N) is 1. The van der Waals surface area contributed by atoms with Gasteiger partial charge in [-0.25, -0.2) is 8.42 Å². The van der Waals surface area contributed by atoms with E-state index in [9.17, 15) is 13.2 Å². The van der Waals surface area contributed by atoms with Crippen molar-refractivity contribution in [1.82, 2.24) is 4.90 Å². The van der Waals surface area contributed by atoms with Crippen LogP contribution in [-0.2, 0) is 21.1 Å². The summed E-state index contributed by atoms with van der Waals surface area (Å²) in [4.78, 5) is 14.2. The van der Waals surface area contributed by atoms with E-state index in [1.54, 1.807) is 16.7 Å². The van der Waals surface area contributed by atoms with Crippen LogP contribution in [-0.4, -0.2) is 48.9 Å². The largest absolute Gasteiger partial charge is 0.324 e. The zero-order valence-corrected chi connectivity index (χ0v) is 14.9. The van der Waals surface area contributed by atoms with Crippen molar-refractivity contribution in [1.29, 1.82) is 0 Å². The SMILES string of the molecule is Cc1ccc(C[C@H](C)C(=O)N2CCSC[C@H]2S(C)(=O)=O)cc1. The van der Waals surface area contributed by atoms with Crippen molar-refractivity contribution in [2.75, 3.05) is 24.3 Å². The molecule has 1 aliphatic rings. The number of amides is 1. The van der Waals surface area contributed by atoms with E-state index in [0.29, 0.717) is 18.7 Å². The van der Waals surface area contributed by atoms with Crippen LogP contribution in [0, 0.1) is 12.8 Å². The predicted molar refractivity (Wildman–Crippen MR) is 91.7 cm³/mol. The number of carbonyl (C=O) groups excluding carboxylic acids is 1. The molecule has 1 saturated heterocycles. The van der Waals surface area contributed by atoms with E-state index in [2.05, 4.69) is 0 Å². The summed E-state index contributed by atoms with van der Waals surface area (Å²) < 4.78 is 23.8. The molecule has 1 amide bonds. The highest BCUT2D eigenvalue weighted by atomic mass is 32.2. The van der Waals surface area contributed by atoms with Crippen LogP contribution >= 0.6 is 11.8 Å². The molecular weight excluding hydrogens is 318 g/mol. The summed E-state index contributed by atoms with van der Waals surface area (Å²) in [6.07, 6.45) is 1.85. The van der Waals surface area contributed by atoms with Crippen LogP contribution in [0.5, 0.6) is 0 Å². The van der Waals surface area contributed by atoms with E-state index < -0.39 is 15.2 Å². The molecule has 0 radical (unpaired) electrons. The minimum atomic E-state index is -3.25. The highest BCUT2D eigenvalue weighted by molar-refractivity contribution is 8.00. The van der Waals surface area contributed by atoms with Crippen molar-refractivity contribution >= 4 is 27.5 Å². The Balaban J connectivity index is 2.09. The maximum Gasteiger partial charge on any atom is 0.226 e. The summed E-state index contributed by atoms with van der Waals surface area (Å²) in [6, 6.07) is 8.12. The summed E-state index contributed by atoms with van der Waals surface area (Å²) in [5.74, 6) is 1.00. The Hall–Kier alpha value is -1.01. The first kappa shape index (κ1) is 17.3. The molecule has 2 atom stereocenters. The number of thioether (sulfide) groups is 1. The lowest BCUT2D eigenvalue weighted by Gasteiger charge is -2.35. The van der Waals surface area contributed by atoms with Crippen LogP contribution in [0.25, 0.3) is 0 Å². The number of benzene rings is 1. The summed E-state index contributed by atoms with van der Waals surface area (Å²) in [5.41, 5.74) is 2.29. The molecule has 1 aliphatic heterocycles. The summed E-state index contributed by atoms with van der Waals surface area (Å²) in [7, 11) is -3.25. The number of sulfone groups is 1. The number of hydrogen-bond donors (Lipinski definition) is 0. The standard InChI is InChI=1S/C16H23NO3S2/c1-12-4-6-14(7-5-12)10-13(2)16(18)17-8-9-21-11-15(17)22(3,19)20/h4-7,13,15H,8-11H2,1-3H3/t13-,15+/m0/s1. The number of carbonyl (C=O) groups is 1. The van der Waals surface area contributed by atoms with Crippen LogP contribution in [0.4, 0.5) is 0 Å². The fourth-order valence-electron chi connectivity index (χ4n) is 2.64. The maximum absolute atomic E-state index is 12.7. The van der Waals surface area contributed by atoms with Gasteiger partial charge in [-0.1, -0.05) is 36.8 Å². The van der Waals surface area contributed by atoms with Gasteiger partial charge in [-0.15, -0.1) is 0 Å². The molecule has 4 nitrogen and oxygen atoms in total. The van der Waals surface area contributed by atoms with Crippen LogP contribution < -0.4 is 0 Å². The zero-order valence-electron chi connectivity index (χ0n) is 13.3. The van der Waals surface area contributed by atoms with Gasteiger partial charge in [-0.2, -0.15) is 11.8 Å². The minimum Gasteiger partial charge on any atom is -0.324 e. The van der Waals surface area contributed by atoms with Crippen LogP contribution in [0.3, 0.4) is 0 Å². The number of rotatable bonds is 4. The normalized spacial score (nSPS) is 20.7. The maximum atomic E-state index is 12.7. The first-order chi connectivity index (χ1) is 10.3. The Kier molecular flexibility index (Phi) is 5.55. The Morgan fingerprint density at radius 3 is 2.59 bits per heavy atom. The second kappa shape index (κ2) is 7.04. The highest BCUT2D eigenvalue weighted by Crippen LogP contribution is 2.23. The predicted octanol–water partition coefficient (Wildman–Crippen LogP) is 2.12. The molecule has 122 valence electrons. The Morgan fingerprint density at radius 1 is 1.36 bits per heavy atom. The van der Waals surface area contributed by atoms with E-state index in [4.69, 9.17) is 0 Å². The smallest absolute Gasteiger partial charge is 0.226 e. The lowest BCUT2D eigenvalue weighted by atomic mass is 9.99. The van der Waals surface area contributed by atoms with Gasteiger partial charge < -0.3 is 4.90 Å². The number of aryl methyl sites for hydroxylation is 1. The first-order valence-electron chi connectivity index (χ1n) is 7.41. The molecule has 2 rings (SSSR count). The fourth-order valence-corrected chi connectivity index (χ4v) is 5.46. The van der Waals surface area contributed by atoms with Crippen molar-refractivity contribution in [2.24, 2.45) is 5.92 Å². The summed E-state index contributed by atoms with van der Waals surface area (Å²) in [6.45, 7) is 4.42. The average molecular weight is 341 g/mol. The van der Waals surface area contributed by atoms with E-state index in [1.807, 2.05) is 38.1 Å². The van der Waals surface area contributed by atoms with Gasteiger partial charge in [0.25, 0.3) is 0 Å². The third-order valence-electron chi connectivity index (χ3n) is 3.95. The van der Waals surface area contributed by atoms with Crippen molar-refractivity contribution < 1.29 is 13.2 Å². The Bertz CT molecular complexity index is 625. The molecule has 0 aliphatic carbocycles. The third kappa shape index (κ3) is 4.26. The van der Waals surface area contributed by atoms with Gasteiger partial charge in [-0.05, 0) is 18.9 Å². The van der Waals surface area contributed by atoms with Gasteiger partial charge in [-0.3, -0.25) is 4.79 Å². The summed E-state index contributed by atoms with van der Waals surface area (Å²) in [5, 5.41) is -0.681. The molecule has 1 heterocycles. The number of hydrogen-bond acceptors (Lipinski definition) is 4. The lowest BCUT2D eigenvalue weighted by Crippen LogP contribution is -2.51. The van der Waals surface area contributed by atoms with E-state index in [1.165, 1.54) is 11.8 Å².